The summed E-state index contributed by atoms with van der Waals surface area (Å²) in [6.45, 7) is -3.01. The van der Waals surface area contributed by atoms with Crippen molar-refractivity contribution < 1.29 is 31.5 Å². The molecule has 0 atom stereocenters. The van der Waals surface area contributed by atoms with E-state index >= 15 is 0 Å². The Bertz CT molecular complexity index is 818. The topological polar surface area (TPSA) is 69.7 Å². The lowest BCUT2D eigenvalue weighted by Crippen LogP contribution is -2.13. The lowest BCUT2D eigenvalue weighted by Gasteiger charge is -2.11. The standard InChI is InChI=1S/C15H14F2O5S/c1-21-14(18)8-9-23(19,20)13-7-3-4-10-11(13)5-2-6-12(10)22-15(16)17/h2-7,15H,8-9H2,1H3. The number of hydrogen-bond acceptors (Lipinski definition) is 5. The molecule has 8 heteroatoms. The minimum absolute atomic E-state index is 0.0429. The van der Waals surface area contributed by atoms with Gasteiger partial charge in [-0.1, -0.05) is 24.3 Å². The summed E-state index contributed by atoms with van der Waals surface area (Å²) in [5.74, 6) is -1.18. The van der Waals surface area contributed by atoms with Gasteiger partial charge in [-0.2, -0.15) is 8.78 Å². The number of benzene rings is 2. The van der Waals surface area contributed by atoms with Crippen LogP contribution in [0.5, 0.6) is 5.75 Å². The quantitative estimate of drug-likeness (QED) is 0.754. The summed E-state index contributed by atoms with van der Waals surface area (Å²) < 4.78 is 58.5. The highest BCUT2D eigenvalue weighted by Gasteiger charge is 2.20. The van der Waals surface area contributed by atoms with Crippen LogP contribution < -0.4 is 4.74 Å². The fraction of sp³-hybridized carbons (Fsp3) is 0.267. The van der Waals surface area contributed by atoms with Crippen molar-refractivity contribution in [3.8, 4) is 5.75 Å². The van der Waals surface area contributed by atoms with Gasteiger partial charge in [0.15, 0.2) is 9.84 Å². The Morgan fingerprint density at radius 1 is 1.13 bits per heavy atom. The van der Waals surface area contributed by atoms with Crippen LogP contribution in [0.1, 0.15) is 6.42 Å². The van der Waals surface area contributed by atoms with Crippen LogP contribution in [0.4, 0.5) is 8.78 Å². The van der Waals surface area contributed by atoms with E-state index in [4.69, 9.17) is 0 Å². The number of halogens is 2. The van der Waals surface area contributed by atoms with Crippen molar-refractivity contribution >= 4 is 26.6 Å². The van der Waals surface area contributed by atoms with Gasteiger partial charge in [-0.3, -0.25) is 4.79 Å². The molecule has 0 radical (unpaired) electrons. The van der Waals surface area contributed by atoms with Gasteiger partial charge in [0.1, 0.15) is 5.75 Å². The Hall–Kier alpha value is -2.22. The molecule has 0 aromatic heterocycles. The number of fused-ring (bicyclic) bond motifs is 1. The van der Waals surface area contributed by atoms with Crippen molar-refractivity contribution in [2.75, 3.05) is 12.9 Å². The Kier molecular flexibility index (Phi) is 5.15. The van der Waals surface area contributed by atoms with Gasteiger partial charge < -0.3 is 9.47 Å². The van der Waals surface area contributed by atoms with E-state index in [1.807, 2.05) is 0 Å². The van der Waals surface area contributed by atoms with Crippen LogP contribution in [0.25, 0.3) is 10.8 Å². The molecule has 0 bridgehead atoms. The number of sulfone groups is 1. The van der Waals surface area contributed by atoms with E-state index in [0.29, 0.717) is 0 Å². The molecule has 0 aliphatic carbocycles. The number of hydrogen-bond donors (Lipinski definition) is 0. The second-order valence-electron chi connectivity index (χ2n) is 4.63. The number of methoxy groups -OCH3 is 1. The highest BCUT2D eigenvalue weighted by atomic mass is 32.2. The molecule has 5 nitrogen and oxygen atoms in total. The van der Waals surface area contributed by atoms with Crippen molar-refractivity contribution in [2.45, 2.75) is 17.9 Å². The Morgan fingerprint density at radius 2 is 1.78 bits per heavy atom. The summed E-state index contributed by atoms with van der Waals surface area (Å²) in [5, 5.41) is 0.516. The number of alkyl halides is 2. The van der Waals surface area contributed by atoms with Crippen molar-refractivity contribution in [1.29, 1.82) is 0 Å². The molecule has 0 unspecified atom stereocenters. The van der Waals surface area contributed by atoms with Gasteiger partial charge in [-0.15, -0.1) is 0 Å². The van der Waals surface area contributed by atoms with Gasteiger partial charge in [-0.25, -0.2) is 8.42 Å². The summed E-state index contributed by atoms with van der Waals surface area (Å²) >= 11 is 0. The fourth-order valence-corrected chi connectivity index (χ4v) is 3.61. The molecule has 2 aromatic rings. The first-order chi connectivity index (χ1) is 10.8. The molecular weight excluding hydrogens is 330 g/mol. The molecule has 0 heterocycles. The predicted octanol–water partition coefficient (Wildman–Crippen LogP) is 2.78. The first-order valence-electron chi connectivity index (χ1n) is 6.61. The zero-order valence-corrected chi connectivity index (χ0v) is 13.0. The zero-order valence-electron chi connectivity index (χ0n) is 12.2. The molecule has 0 spiro atoms. The largest absolute Gasteiger partial charge is 0.469 e. The SMILES string of the molecule is COC(=O)CCS(=O)(=O)c1cccc2c(OC(F)F)cccc12. The molecular formula is C15H14F2O5S. The van der Waals surface area contributed by atoms with Crippen molar-refractivity contribution in [1.82, 2.24) is 0 Å². The monoisotopic (exact) mass is 344 g/mol. The maximum Gasteiger partial charge on any atom is 0.387 e. The molecule has 124 valence electrons. The van der Waals surface area contributed by atoms with Crippen LogP contribution in [0.15, 0.2) is 41.3 Å². The first kappa shape index (κ1) is 17.1. The third-order valence-corrected chi connectivity index (χ3v) is 4.96. The fourth-order valence-electron chi connectivity index (χ4n) is 2.15. The van der Waals surface area contributed by atoms with E-state index in [-0.39, 0.29) is 27.8 Å². The highest BCUT2D eigenvalue weighted by molar-refractivity contribution is 7.91. The molecule has 0 N–H and O–H groups in total. The normalized spacial score (nSPS) is 11.7. The smallest absolute Gasteiger partial charge is 0.387 e. The molecule has 0 saturated heterocycles. The van der Waals surface area contributed by atoms with E-state index in [1.54, 1.807) is 0 Å². The molecule has 23 heavy (non-hydrogen) atoms. The van der Waals surface area contributed by atoms with Crippen molar-refractivity contribution in [2.24, 2.45) is 0 Å². The van der Waals surface area contributed by atoms with E-state index in [1.165, 1.54) is 43.5 Å². The summed E-state index contributed by atoms with van der Waals surface area (Å²) in [6.07, 6.45) is -0.289. The summed E-state index contributed by atoms with van der Waals surface area (Å²) in [5.41, 5.74) is 0. The van der Waals surface area contributed by atoms with E-state index < -0.39 is 28.2 Å². The number of ether oxygens (including phenoxy) is 2. The van der Waals surface area contributed by atoms with E-state index in [0.717, 1.165) is 0 Å². The third-order valence-electron chi connectivity index (χ3n) is 3.20. The summed E-state index contributed by atoms with van der Waals surface area (Å²) in [6, 6.07) is 8.55. The Labute approximate surface area is 131 Å². The van der Waals surface area contributed by atoms with Crippen LogP contribution in [0, 0.1) is 0 Å². The van der Waals surface area contributed by atoms with Crippen molar-refractivity contribution in [3.63, 3.8) is 0 Å². The molecule has 0 aliphatic rings. The lowest BCUT2D eigenvalue weighted by atomic mass is 10.1. The van der Waals surface area contributed by atoms with E-state index in [9.17, 15) is 22.0 Å². The zero-order chi connectivity index (χ0) is 17.0. The maximum absolute atomic E-state index is 12.4. The molecule has 0 saturated carbocycles. The summed E-state index contributed by atoms with van der Waals surface area (Å²) in [7, 11) is -2.61. The van der Waals surface area contributed by atoms with Crippen LogP contribution in [-0.2, 0) is 19.4 Å². The average Bonchev–Trinajstić information content (AvgIpc) is 2.52. The minimum atomic E-state index is -3.78. The first-order valence-corrected chi connectivity index (χ1v) is 8.26. The minimum Gasteiger partial charge on any atom is -0.469 e. The number of carbonyl (C=O) groups is 1. The Balaban J connectivity index is 2.47. The molecule has 0 amide bonds. The van der Waals surface area contributed by atoms with Crippen LogP contribution in [0.2, 0.25) is 0 Å². The molecule has 0 aliphatic heterocycles. The van der Waals surface area contributed by atoms with Gasteiger partial charge in [0.2, 0.25) is 0 Å². The van der Waals surface area contributed by atoms with Crippen LogP contribution >= 0.6 is 0 Å². The Morgan fingerprint density at radius 3 is 2.43 bits per heavy atom. The average molecular weight is 344 g/mol. The number of carbonyl (C=O) groups excluding carboxylic acids is 1. The second-order valence-corrected chi connectivity index (χ2v) is 6.71. The van der Waals surface area contributed by atoms with Crippen LogP contribution in [-0.4, -0.2) is 33.9 Å². The third kappa shape index (κ3) is 3.95. The van der Waals surface area contributed by atoms with Gasteiger partial charge in [0, 0.05) is 10.8 Å². The van der Waals surface area contributed by atoms with Crippen molar-refractivity contribution in [3.05, 3.63) is 36.4 Å². The lowest BCUT2D eigenvalue weighted by molar-refractivity contribution is -0.140. The maximum atomic E-state index is 12.4. The van der Waals surface area contributed by atoms with Gasteiger partial charge in [0.25, 0.3) is 0 Å². The predicted molar refractivity (Wildman–Crippen MR) is 79.3 cm³/mol. The molecule has 0 fully saturated rings. The van der Waals surface area contributed by atoms with Gasteiger partial charge >= 0.3 is 12.6 Å². The molecule has 2 aromatic carbocycles. The van der Waals surface area contributed by atoms with Gasteiger partial charge in [-0.05, 0) is 12.1 Å². The second kappa shape index (κ2) is 6.91. The van der Waals surface area contributed by atoms with Gasteiger partial charge in [0.05, 0.1) is 24.2 Å². The molecule has 2 rings (SSSR count). The van der Waals surface area contributed by atoms with Crippen LogP contribution in [0.3, 0.4) is 0 Å². The number of esters is 1. The van der Waals surface area contributed by atoms with E-state index in [2.05, 4.69) is 9.47 Å². The number of rotatable bonds is 6. The summed E-state index contributed by atoms with van der Waals surface area (Å²) in [4.78, 5) is 11.1. The highest BCUT2D eigenvalue weighted by Crippen LogP contribution is 2.31.